The second kappa shape index (κ2) is 13.2. The highest BCUT2D eigenvalue weighted by Crippen LogP contribution is 2.50. The van der Waals surface area contributed by atoms with E-state index in [1.165, 1.54) is 31.2 Å². The number of aliphatic hydroxyl groups excluding tert-OH is 1. The summed E-state index contributed by atoms with van der Waals surface area (Å²) >= 11 is 2.90. The van der Waals surface area contributed by atoms with Crippen LogP contribution in [0.15, 0.2) is 41.1 Å². The molecule has 1 saturated heterocycles. The SMILES string of the molecule is CC(C)OC(=O)[C@H](C)NP(=O)(OC[C@H]1O[C@@H](Oc2ncc(Br)nc2C(N)=O)[C@@](F)(C(F)(F)F)[C@@H]1O)Oc1ccccc1. The molecule has 0 saturated carbocycles. The molecular weight excluding hydrogens is 663 g/mol. The number of primary amides is 1. The quantitative estimate of drug-likeness (QED) is 0.169. The molecule has 1 aliphatic rings. The van der Waals surface area contributed by atoms with Gasteiger partial charge in [-0.1, -0.05) is 18.2 Å². The summed E-state index contributed by atoms with van der Waals surface area (Å²) in [4.78, 5) is 31.2. The van der Waals surface area contributed by atoms with Crippen molar-refractivity contribution in [3.63, 3.8) is 0 Å². The van der Waals surface area contributed by atoms with Crippen LogP contribution in [0.5, 0.6) is 11.6 Å². The lowest BCUT2D eigenvalue weighted by atomic mass is 9.96. The van der Waals surface area contributed by atoms with Gasteiger partial charge in [0.1, 0.15) is 28.6 Å². The summed E-state index contributed by atoms with van der Waals surface area (Å²) in [6.45, 7) is 3.22. The molecule has 1 aromatic carbocycles. The number of aromatic nitrogens is 2. The minimum absolute atomic E-state index is 0.0326. The van der Waals surface area contributed by atoms with E-state index in [2.05, 4.69) is 31.0 Å². The molecule has 1 aromatic heterocycles. The molecular formula is C23H26BrF4N4O9P. The van der Waals surface area contributed by atoms with E-state index in [-0.39, 0.29) is 10.4 Å². The smallest absolute Gasteiger partial charge is 0.459 e. The third-order valence-corrected chi connectivity index (χ3v) is 7.48. The number of nitrogens with two attached hydrogens (primary N) is 1. The Balaban J connectivity index is 1.88. The molecule has 13 nitrogen and oxygen atoms in total. The largest absolute Gasteiger partial charge is 0.462 e. The first-order valence-electron chi connectivity index (χ1n) is 12.0. The van der Waals surface area contributed by atoms with Gasteiger partial charge in [0.25, 0.3) is 11.6 Å². The second-order valence-corrected chi connectivity index (χ2v) is 11.6. The number of para-hydroxylation sites is 1. The fraction of sp³-hybridized carbons (Fsp3) is 0.478. The van der Waals surface area contributed by atoms with Crippen molar-refractivity contribution in [1.29, 1.82) is 0 Å². The van der Waals surface area contributed by atoms with E-state index in [0.29, 0.717) is 0 Å². The van der Waals surface area contributed by atoms with E-state index in [1.54, 1.807) is 19.9 Å². The van der Waals surface area contributed by atoms with Gasteiger partial charge in [-0.3, -0.25) is 14.1 Å². The van der Waals surface area contributed by atoms with E-state index in [4.69, 9.17) is 29.0 Å². The molecule has 1 amide bonds. The van der Waals surface area contributed by atoms with Crippen molar-refractivity contribution in [2.45, 2.75) is 63.3 Å². The Morgan fingerprint density at radius 1 is 1.26 bits per heavy atom. The summed E-state index contributed by atoms with van der Waals surface area (Å²) < 4.78 is 96.6. The molecule has 2 heterocycles. The summed E-state index contributed by atoms with van der Waals surface area (Å²) in [6, 6.07) is 6.04. The van der Waals surface area contributed by atoms with Gasteiger partial charge in [0.15, 0.2) is 5.69 Å². The van der Waals surface area contributed by atoms with Gasteiger partial charge in [0.05, 0.1) is 18.9 Å². The Labute approximate surface area is 244 Å². The fourth-order valence-corrected chi connectivity index (χ4v) is 5.28. The molecule has 42 heavy (non-hydrogen) atoms. The molecule has 19 heteroatoms. The first-order chi connectivity index (χ1) is 19.5. The number of hydrogen-bond donors (Lipinski definition) is 3. The van der Waals surface area contributed by atoms with Gasteiger partial charge in [0.2, 0.25) is 12.2 Å². The summed E-state index contributed by atoms with van der Waals surface area (Å²) in [7, 11) is -4.64. The first-order valence-corrected chi connectivity index (χ1v) is 14.4. The molecule has 1 aliphatic heterocycles. The lowest BCUT2D eigenvalue weighted by Crippen LogP contribution is -2.57. The number of amides is 1. The highest BCUT2D eigenvalue weighted by atomic mass is 79.9. The molecule has 0 bridgehead atoms. The zero-order chi connectivity index (χ0) is 31.5. The molecule has 0 aliphatic carbocycles. The van der Waals surface area contributed by atoms with Crippen molar-refractivity contribution in [1.82, 2.24) is 15.1 Å². The second-order valence-electron chi connectivity index (χ2n) is 9.08. The maximum absolute atomic E-state index is 15.6. The molecule has 3 rings (SSSR count). The standard InChI is InChI=1S/C23H26BrF4N4O9P/c1-11(2)38-20(35)12(3)32-42(36,41-13-7-5-4-6-8-13)37-10-14-17(33)22(25,23(26,27)28)21(39-14)40-19-16(18(29)34)31-15(24)9-30-19/h4-9,11-12,14,17,21,33H,10H2,1-3H3,(H2,29,34)(H,32,36)/t12-,14+,17+,21-,22+,42?/m0/s1. The maximum atomic E-state index is 15.6. The van der Waals surface area contributed by atoms with Crippen molar-refractivity contribution < 1.29 is 60.1 Å². The third-order valence-electron chi connectivity index (χ3n) is 5.45. The van der Waals surface area contributed by atoms with Crippen molar-refractivity contribution in [3.05, 3.63) is 46.8 Å². The van der Waals surface area contributed by atoms with Crippen molar-refractivity contribution in [3.8, 4) is 11.6 Å². The van der Waals surface area contributed by atoms with Crippen LogP contribution in [0.25, 0.3) is 0 Å². The van der Waals surface area contributed by atoms with Gasteiger partial charge >= 0.3 is 19.9 Å². The number of rotatable bonds is 12. The Kier molecular flexibility index (Phi) is 10.5. The molecule has 2 aromatic rings. The van der Waals surface area contributed by atoms with Gasteiger partial charge < -0.3 is 29.6 Å². The minimum atomic E-state index is -5.79. The number of carbonyl (C=O) groups excluding carboxylic acids is 2. The van der Waals surface area contributed by atoms with Crippen molar-refractivity contribution >= 4 is 35.6 Å². The predicted molar refractivity (Wildman–Crippen MR) is 138 cm³/mol. The number of nitrogens with zero attached hydrogens (tertiary/aromatic N) is 2. The number of halogens is 5. The Hall–Kier alpha value is -2.89. The first kappa shape index (κ1) is 33.6. The fourth-order valence-electron chi connectivity index (χ4n) is 3.50. The number of esters is 1. The molecule has 1 unspecified atom stereocenters. The van der Waals surface area contributed by atoms with Crippen LogP contribution in [-0.2, 0) is 23.4 Å². The predicted octanol–water partition coefficient (Wildman–Crippen LogP) is 3.21. The topological polar surface area (TPSA) is 181 Å². The van der Waals surface area contributed by atoms with Crippen LogP contribution in [0.4, 0.5) is 17.6 Å². The monoisotopic (exact) mass is 688 g/mol. The highest BCUT2D eigenvalue weighted by Gasteiger charge is 2.74. The van der Waals surface area contributed by atoms with E-state index in [1.807, 2.05) is 0 Å². The van der Waals surface area contributed by atoms with Gasteiger partial charge in [-0.05, 0) is 48.8 Å². The summed E-state index contributed by atoms with van der Waals surface area (Å²) in [5.74, 6) is -3.09. The van der Waals surface area contributed by atoms with Crippen molar-refractivity contribution in [2.24, 2.45) is 5.73 Å². The summed E-state index contributed by atoms with van der Waals surface area (Å²) in [5, 5.41) is 12.7. The molecule has 6 atom stereocenters. The number of hydrogen-bond acceptors (Lipinski definition) is 11. The van der Waals surface area contributed by atoms with Crippen LogP contribution in [0, 0.1) is 0 Å². The van der Waals surface area contributed by atoms with E-state index in [0.717, 1.165) is 6.20 Å². The van der Waals surface area contributed by atoms with Gasteiger partial charge in [-0.15, -0.1) is 0 Å². The average molecular weight is 689 g/mol. The molecule has 4 N–H and O–H groups in total. The number of alkyl halides is 4. The van der Waals surface area contributed by atoms with Crippen LogP contribution in [0.1, 0.15) is 31.3 Å². The number of aliphatic hydroxyl groups is 1. The minimum Gasteiger partial charge on any atom is -0.462 e. The Bertz CT molecular complexity index is 1330. The van der Waals surface area contributed by atoms with E-state index in [9.17, 15) is 32.4 Å². The summed E-state index contributed by atoms with van der Waals surface area (Å²) in [5.41, 5.74) is -0.207. The van der Waals surface area contributed by atoms with Gasteiger partial charge in [-0.2, -0.15) is 18.3 Å². The normalized spacial score (nSPS) is 24.6. The number of benzene rings is 1. The molecule has 0 radical (unpaired) electrons. The van der Waals surface area contributed by atoms with Crippen LogP contribution in [0.3, 0.4) is 0 Å². The molecule has 0 spiro atoms. The zero-order valence-electron chi connectivity index (χ0n) is 22.1. The summed E-state index contributed by atoms with van der Waals surface area (Å²) in [6.07, 6.45) is -13.5. The average Bonchev–Trinajstić information content (AvgIpc) is 3.14. The Morgan fingerprint density at radius 3 is 2.48 bits per heavy atom. The number of nitrogens with one attached hydrogen (secondary N) is 1. The van der Waals surface area contributed by atoms with Crippen LogP contribution in [0.2, 0.25) is 0 Å². The third kappa shape index (κ3) is 7.73. The van der Waals surface area contributed by atoms with Crippen LogP contribution >= 0.6 is 23.7 Å². The molecule has 232 valence electrons. The van der Waals surface area contributed by atoms with Gasteiger partial charge in [-0.25, -0.2) is 18.9 Å². The molecule has 1 fully saturated rings. The highest BCUT2D eigenvalue weighted by molar-refractivity contribution is 9.10. The van der Waals surface area contributed by atoms with Crippen molar-refractivity contribution in [2.75, 3.05) is 6.61 Å². The zero-order valence-corrected chi connectivity index (χ0v) is 24.6. The van der Waals surface area contributed by atoms with E-state index >= 15 is 4.39 Å². The lowest BCUT2D eigenvalue weighted by molar-refractivity contribution is -0.287. The Morgan fingerprint density at radius 2 is 1.90 bits per heavy atom. The number of ether oxygens (including phenoxy) is 3. The van der Waals surface area contributed by atoms with Crippen LogP contribution in [-0.4, -0.2) is 76.0 Å². The van der Waals surface area contributed by atoms with Gasteiger partial charge in [0, 0.05) is 0 Å². The van der Waals surface area contributed by atoms with Crippen LogP contribution < -0.4 is 20.1 Å². The van der Waals surface area contributed by atoms with E-state index < -0.39 is 80.3 Å². The number of carbonyl (C=O) groups is 2. The maximum Gasteiger partial charge on any atom is 0.459 e. The lowest BCUT2D eigenvalue weighted by Gasteiger charge is -2.30.